The number of aryl methyl sites for hydroxylation is 1. The van der Waals surface area contributed by atoms with E-state index in [4.69, 9.17) is 36.1 Å². The number of rotatable bonds is 21. The number of benzene rings is 5. The van der Waals surface area contributed by atoms with Crippen molar-refractivity contribution in [1.82, 2.24) is 29.8 Å². The molecule has 0 amide bonds. The van der Waals surface area contributed by atoms with Gasteiger partial charge in [-0.1, -0.05) is 158 Å². The average molecular weight is 912 g/mol. The molecule has 16 heteroatoms. The quantitative estimate of drug-likeness (QED) is 0.0167. The van der Waals surface area contributed by atoms with Crippen molar-refractivity contribution in [2.24, 2.45) is 0 Å². The highest BCUT2D eigenvalue weighted by molar-refractivity contribution is 6.32. The van der Waals surface area contributed by atoms with E-state index < -0.39 is 35.1 Å². The van der Waals surface area contributed by atoms with Crippen molar-refractivity contribution >= 4 is 23.7 Å². The number of ether oxygens (including phenoxy) is 3. The van der Waals surface area contributed by atoms with Crippen molar-refractivity contribution in [3.8, 4) is 22.5 Å². The standard InChI is InChI=1S/C50H50ClN7O8/c1-4-5-29-44-52-46(51)45(48(59)64-36(3)65-49(60)63-32-19-18-20-35(2)66-58(61)62)56(44)34-37-30-31-42(38-21-10-6-11-22-38)43(33-37)47-53-54-55-57(47)50(39-23-12-7-13-24-39,40-25-14-8-15-26-40)41-27-16-9-17-28-41/h6-17,21-28,30-31,33,35-36H,4-5,18-20,29,32,34H2,1-3H3/t35-,36?/m1/s1. The second-order valence-electron chi connectivity index (χ2n) is 15.7. The minimum Gasteiger partial charge on any atom is -0.434 e. The Kier molecular flexibility index (Phi) is 15.5. The van der Waals surface area contributed by atoms with E-state index in [-0.39, 0.29) is 24.0 Å². The lowest BCUT2D eigenvalue weighted by molar-refractivity contribution is -0.767. The van der Waals surface area contributed by atoms with Crippen LogP contribution in [0.4, 0.5) is 4.79 Å². The maximum atomic E-state index is 14.0. The average Bonchev–Trinajstić information content (AvgIpc) is 3.93. The van der Waals surface area contributed by atoms with Gasteiger partial charge in [-0.2, -0.15) is 0 Å². The summed E-state index contributed by atoms with van der Waals surface area (Å²) in [6, 6.07) is 46.6. The number of hydrogen-bond donors (Lipinski definition) is 0. The van der Waals surface area contributed by atoms with Gasteiger partial charge in [0.1, 0.15) is 17.5 Å². The van der Waals surface area contributed by atoms with Crippen molar-refractivity contribution in [2.75, 3.05) is 6.61 Å². The van der Waals surface area contributed by atoms with Gasteiger partial charge in [0, 0.05) is 25.5 Å². The molecule has 0 fully saturated rings. The number of tetrazole rings is 1. The molecular formula is C50H50ClN7O8. The van der Waals surface area contributed by atoms with Crippen LogP contribution in [0.5, 0.6) is 0 Å². The van der Waals surface area contributed by atoms with Gasteiger partial charge in [0.2, 0.25) is 6.29 Å². The lowest BCUT2D eigenvalue weighted by Gasteiger charge is -2.36. The summed E-state index contributed by atoms with van der Waals surface area (Å²) in [5.41, 5.74) is 5.17. The zero-order valence-electron chi connectivity index (χ0n) is 36.9. The Bertz CT molecular complexity index is 2600. The fourth-order valence-electron chi connectivity index (χ4n) is 8.06. The predicted octanol–water partition coefficient (Wildman–Crippen LogP) is 10.5. The molecule has 0 aliphatic carbocycles. The molecule has 0 bridgehead atoms. The predicted molar refractivity (Wildman–Crippen MR) is 247 cm³/mol. The molecule has 0 aliphatic heterocycles. The van der Waals surface area contributed by atoms with Crippen molar-refractivity contribution in [3.63, 3.8) is 0 Å². The van der Waals surface area contributed by atoms with Crippen LogP contribution in [0, 0.1) is 10.1 Å². The SMILES string of the molecule is CCCCc1nc(Cl)c(C(=O)OC(C)OC(=O)OCCCC[C@@H](C)O[N+](=O)[O-])n1Cc1ccc(-c2ccccc2)c(-c2nnnn2C(c2ccccc2)(c2ccccc2)c2ccccc2)c1. The first-order chi connectivity index (χ1) is 32.1. The second-order valence-corrected chi connectivity index (χ2v) is 16.0. The number of imidazole rings is 1. The zero-order valence-corrected chi connectivity index (χ0v) is 37.6. The number of esters is 1. The number of halogens is 1. The van der Waals surface area contributed by atoms with E-state index in [0.29, 0.717) is 37.3 Å². The Morgan fingerprint density at radius 1 is 0.788 bits per heavy atom. The molecule has 0 aliphatic rings. The third kappa shape index (κ3) is 10.8. The third-order valence-corrected chi connectivity index (χ3v) is 11.4. The Balaban J connectivity index is 1.24. The molecule has 2 heterocycles. The summed E-state index contributed by atoms with van der Waals surface area (Å²) < 4.78 is 19.6. The van der Waals surface area contributed by atoms with E-state index in [1.807, 2.05) is 108 Å². The third-order valence-electron chi connectivity index (χ3n) is 11.1. The van der Waals surface area contributed by atoms with Crippen LogP contribution < -0.4 is 0 Å². The van der Waals surface area contributed by atoms with Gasteiger partial charge in [-0.3, -0.25) is 0 Å². The summed E-state index contributed by atoms with van der Waals surface area (Å²) in [5, 5.41) is 23.6. The molecule has 0 N–H and O–H groups in total. The second kappa shape index (κ2) is 22.0. The Morgan fingerprint density at radius 3 is 1.98 bits per heavy atom. The van der Waals surface area contributed by atoms with Gasteiger partial charge < -0.3 is 23.6 Å². The van der Waals surface area contributed by atoms with E-state index in [0.717, 1.165) is 51.8 Å². The molecular weight excluding hydrogens is 862 g/mol. The van der Waals surface area contributed by atoms with E-state index in [1.165, 1.54) is 6.92 Å². The van der Waals surface area contributed by atoms with Gasteiger partial charge in [0.25, 0.3) is 5.09 Å². The van der Waals surface area contributed by atoms with E-state index in [1.54, 1.807) is 11.5 Å². The van der Waals surface area contributed by atoms with Crippen LogP contribution in [0.25, 0.3) is 22.5 Å². The normalized spacial score (nSPS) is 12.2. The molecule has 15 nitrogen and oxygen atoms in total. The molecule has 0 spiro atoms. The highest BCUT2D eigenvalue weighted by Crippen LogP contribution is 2.43. The minimum absolute atomic E-state index is 0.00670. The van der Waals surface area contributed by atoms with Gasteiger partial charge in [0.15, 0.2) is 16.7 Å². The Morgan fingerprint density at radius 2 is 1.39 bits per heavy atom. The number of hydrogen-bond acceptors (Lipinski definition) is 12. The molecule has 0 saturated heterocycles. The Hall–Kier alpha value is -7.39. The van der Waals surface area contributed by atoms with Crippen LogP contribution in [0.1, 0.15) is 91.4 Å². The lowest BCUT2D eigenvalue weighted by atomic mass is 9.77. The molecule has 5 aromatic carbocycles. The summed E-state index contributed by atoms with van der Waals surface area (Å²) in [4.78, 5) is 46.1. The highest BCUT2D eigenvalue weighted by atomic mass is 35.5. The fraction of sp³-hybridized carbons (Fsp3) is 0.280. The molecule has 7 rings (SSSR count). The Labute approximate surface area is 387 Å². The van der Waals surface area contributed by atoms with Crippen LogP contribution in [-0.4, -0.2) is 66.0 Å². The number of nitrogens with zero attached hydrogens (tertiary/aromatic N) is 7. The van der Waals surface area contributed by atoms with Crippen molar-refractivity contribution in [1.29, 1.82) is 0 Å². The van der Waals surface area contributed by atoms with Crippen LogP contribution in [0.3, 0.4) is 0 Å². The number of carbonyl (C=O) groups is 2. The van der Waals surface area contributed by atoms with Crippen LogP contribution in [0.15, 0.2) is 140 Å². The molecule has 0 radical (unpaired) electrons. The first kappa shape index (κ1) is 46.6. The molecule has 2 aromatic heterocycles. The van der Waals surface area contributed by atoms with Crippen molar-refractivity contribution < 1.29 is 33.7 Å². The van der Waals surface area contributed by atoms with Crippen molar-refractivity contribution in [2.45, 2.75) is 83.8 Å². The summed E-state index contributed by atoms with van der Waals surface area (Å²) in [6.07, 6.45) is 0.532. The monoisotopic (exact) mass is 911 g/mol. The molecule has 0 saturated carbocycles. The maximum Gasteiger partial charge on any atom is 0.511 e. The van der Waals surface area contributed by atoms with Gasteiger partial charge in [-0.15, -0.1) is 15.2 Å². The first-order valence-electron chi connectivity index (χ1n) is 21.8. The zero-order chi connectivity index (χ0) is 46.5. The fourth-order valence-corrected chi connectivity index (χ4v) is 8.34. The van der Waals surface area contributed by atoms with E-state index >= 15 is 0 Å². The van der Waals surface area contributed by atoms with Gasteiger partial charge in [0.05, 0.1) is 6.61 Å². The molecule has 2 atom stereocenters. The largest absolute Gasteiger partial charge is 0.511 e. The molecule has 66 heavy (non-hydrogen) atoms. The summed E-state index contributed by atoms with van der Waals surface area (Å²) in [5.74, 6) is 0.228. The minimum atomic E-state index is -1.34. The number of aromatic nitrogens is 6. The van der Waals surface area contributed by atoms with Gasteiger partial charge >= 0.3 is 12.1 Å². The topological polar surface area (TPSA) is 176 Å². The smallest absolute Gasteiger partial charge is 0.434 e. The summed E-state index contributed by atoms with van der Waals surface area (Å²) in [6.45, 7) is 5.19. The van der Waals surface area contributed by atoms with Gasteiger partial charge in [-0.05, 0) is 82.5 Å². The summed E-state index contributed by atoms with van der Waals surface area (Å²) >= 11 is 6.75. The number of unbranched alkanes of at least 4 members (excludes halogenated alkanes) is 2. The first-order valence-corrected chi connectivity index (χ1v) is 22.2. The van der Waals surface area contributed by atoms with Gasteiger partial charge in [-0.25, -0.2) is 19.3 Å². The van der Waals surface area contributed by atoms with Crippen molar-refractivity contribution in [3.05, 3.63) is 189 Å². The number of carbonyl (C=O) groups excluding carboxylic acids is 2. The van der Waals surface area contributed by atoms with Crippen LogP contribution in [0.2, 0.25) is 5.15 Å². The highest BCUT2D eigenvalue weighted by Gasteiger charge is 2.42. The van der Waals surface area contributed by atoms with Crippen LogP contribution >= 0.6 is 11.6 Å². The van der Waals surface area contributed by atoms with E-state index in [9.17, 15) is 19.7 Å². The molecule has 7 aromatic rings. The van der Waals surface area contributed by atoms with E-state index in [2.05, 4.69) is 58.4 Å². The maximum absolute atomic E-state index is 14.0. The summed E-state index contributed by atoms with van der Waals surface area (Å²) in [7, 11) is 0. The lowest BCUT2D eigenvalue weighted by Crippen LogP contribution is -2.39. The molecule has 340 valence electrons. The molecule has 1 unspecified atom stereocenters. The van der Waals surface area contributed by atoms with Crippen LogP contribution in [-0.2, 0) is 37.6 Å².